The van der Waals surface area contributed by atoms with E-state index < -0.39 is 15.8 Å². The molecule has 0 saturated carbocycles. The average molecular weight is 461 g/mol. The topological polar surface area (TPSA) is 152 Å². The Morgan fingerprint density at radius 2 is 2.06 bits per heavy atom. The molecule has 4 N–H and O–H groups in total. The van der Waals surface area contributed by atoms with Gasteiger partial charge in [-0.1, -0.05) is 0 Å². The molecule has 2 aromatic heterocycles. The Bertz CT molecular complexity index is 1150. The number of anilines is 3. The van der Waals surface area contributed by atoms with Gasteiger partial charge in [0.25, 0.3) is 0 Å². The number of carbonyl (C=O) groups is 1. The summed E-state index contributed by atoms with van der Waals surface area (Å²) in [7, 11) is -3.06. The van der Waals surface area contributed by atoms with Crippen molar-refractivity contribution in [1.82, 2.24) is 19.7 Å². The number of nitrogens with zero attached hydrogens (tertiary/aromatic N) is 3. The van der Waals surface area contributed by atoms with E-state index in [-0.39, 0.29) is 25.2 Å². The second-order valence-corrected chi connectivity index (χ2v) is 8.69. The van der Waals surface area contributed by atoms with Gasteiger partial charge in [-0.3, -0.25) is 0 Å². The molecule has 0 aliphatic rings. The standard InChI is InChI=1S/C20H24N6O5S/c1-4-30-20(28)26-32(3,29)15-7-5-14(6-8-15)24-19-22-11-16(18-21-9-10-31-18)17(25-19)23-13(2)12-27/h5-11,13,27H,3-4,12H2,1-2H3,(H,26,28,29)(H2,22,23,24,25)/t13-,32?/m1/s1. The van der Waals surface area contributed by atoms with E-state index in [1.807, 2.05) is 0 Å². The number of amides is 1. The summed E-state index contributed by atoms with van der Waals surface area (Å²) in [4.78, 5) is 24.8. The maximum Gasteiger partial charge on any atom is 0.418 e. The van der Waals surface area contributed by atoms with Gasteiger partial charge in [-0.2, -0.15) is 4.98 Å². The number of rotatable bonds is 9. The van der Waals surface area contributed by atoms with E-state index in [2.05, 4.69) is 36.2 Å². The van der Waals surface area contributed by atoms with Crippen molar-refractivity contribution in [3.05, 3.63) is 42.9 Å². The third kappa shape index (κ3) is 5.74. The highest BCUT2D eigenvalue weighted by Gasteiger charge is 2.16. The van der Waals surface area contributed by atoms with Crippen LogP contribution in [0.15, 0.2) is 52.2 Å². The zero-order valence-corrected chi connectivity index (χ0v) is 18.4. The molecular weight excluding hydrogens is 436 g/mol. The summed E-state index contributed by atoms with van der Waals surface area (Å²) >= 11 is 0. The Morgan fingerprint density at radius 1 is 1.31 bits per heavy atom. The molecule has 1 amide bonds. The van der Waals surface area contributed by atoms with Gasteiger partial charge >= 0.3 is 6.09 Å². The third-order valence-electron chi connectivity index (χ3n) is 4.12. The van der Waals surface area contributed by atoms with Crippen LogP contribution in [0.2, 0.25) is 0 Å². The van der Waals surface area contributed by atoms with Gasteiger partial charge in [0.1, 0.15) is 12.1 Å². The lowest BCUT2D eigenvalue weighted by molar-refractivity contribution is 0.159. The minimum absolute atomic E-state index is 0.0938. The number of aliphatic hydroxyl groups excluding tert-OH is 1. The maximum absolute atomic E-state index is 12.7. The zero-order chi connectivity index (χ0) is 23.1. The van der Waals surface area contributed by atoms with Gasteiger partial charge < -0.3 is 24.9 Å². The molecule has 1 unspecified atom stereocenters. The summed E-state index contributed by atoms with van der Waals surface area (Å²) < 4.78 is 25.0. The van der Waals surface area contributed by atoms with Crippen LogP contribution in [0.5, 0.6) is 0 Å². The maximum atomic E-state index is 12.7. The van der Waals surface area contributed by atoms with Gasteiger partial charge in [0, 0.05) is 22.8 Å². The van der Waals surface area contributed by atoms with Gasteiger partial charge in [0.05, 0.1) is 34.7 Å². The van der Waals surface area contributed by atoms with E-state index in [1.54, 1.807) is 44.3 Å². The Hall–Kier alpha value is -3.64. The van der Waals surface area contributed by atoms with Crippen molar-refractivity contribution in [3.63, 3.8) is 0 Å². The highest BCUT2D eigenvalue weighted by atomic mass is 32.2. The minimum Gasteiger partial charge on any atom is -0.449 e. The van der Waals surface area contributed by atoms with Crippen LogP contribution in [-0.2, 0) is 14.4 Å². The number of hydrogen-bond donors (Lipinski definition) is 4. The Labute approximate surface area is 185 Å². The first-order valence-corrected chi connectivity index (χ1v) is 11.4. The third-order valence-corrected chi connectivity index (χ3v) is 5.65. The Balaban J connectivity index is 1.79. The van der Waals surface area contributed by atoms with Crippen molar-refractivity contribution >= 4 is 39.1 Å². The number of carbonyl (C=O) groups excluding carboxylic acids is 1. The van der Waals surface area contributed by atoms with Gasteiger partial charge in [0.15, 0.2) is 0 Å². The highest BCUT2D eigenvalue weighted by molar-refractivity contribution is 7.99. The van der Waals surface area contributed by atoms with Crippen molar-refractivity contribution < 1.29 is 23.3 Å². The number of ether oxygens (including phenoxy) is 1. The number of hydrogen-bond acceptors (Lipinski definition) is 10. The first kappa shape index (κ1) is 23.0. The molecule has 3 aromatic rings. The molecule has 0 radical (unpaired) electrons. The number of aliphatic hydroxyl groups is 1. The molecule has 2 heterocycles. The SMILES string of the molecule is C=S(=O)(NC(=O)OCC)c1ccc(Nc2ncc(-c3ncco3)c(N[C@H](C)CO)n2)cc1. The van der Waals surface area contributed by atoms with Gasteiger partial charge in [-0.25, -0.2) is 23.7 Å². The molecule has 1 aromatic carbocycles. The van der Waals surface area contributed by atoms with Crippen LogP contribution in [0, 0.1) is 0 Å². The normalized spacial score (nSPS) is 13.6. The van der Waals surface area contributed by atoms with Crippen molar-refractivity contribution in [3.8, 4) is 11.5 Å². The summed E-state index contributed by atoms with van der Waals surface area (Å²) in [5.41, 5.74) is 1.16. The predicted molar refractivity (Wildman–Crippen MR) is 121 cm³/mol. The fourth-order valence-corrected chi connectivity index (χ4v) is 3.61. The predicted octanol–water partition coefficient (Wildman–Crippen LogP) is 2.40. The summed E-state index contributed by atoms with van der Waals surface area (Å²) in [6, 6.07) is 6.18. The van der Waals surface area contributed by atoms with Crippen LogP contribution >= 0.6 is 0 Å². The summed E-state index contributed by atoms with van der Waals surface area (Å²) in [6.45, 7) is 3.51. The first-order valence-electron chi connectivity index (χ1n) is 9.65. The highest BCUT2D eigenvalue weighted by Crippen LogP contribution is 2.27. The molecule has 0 aliphatic heterocycles. The molecule has 170 valence electrons. The van der Waals surface area contributed by atoms with E-state index in [0.717, 1.165) is 0 Å². The molecule has 0 saturated heterocycles. The van der Waals surface area contributed by atoms with Crippen molar-refractivity contribution in [1.29, 1.82) is 0 Å². The second-order valence-electron chi connectivity index (χ2n) is 6.67. The van der Waals surface area contributed by atoms with E-state index in [9.17, 15) is 14.1 Å². The van der Waals surface area contributed by atoms with Gasteiger partial charge in [-0.05, 0) is 44.0 Å². The molecular formula is C20H24N6O5S. The van der Waals surface area contributed by atoms with E-state index >= 15 is 0 Å². The molecule has 3 rings (SSSR count). The van der Waals surface area contributed by atoms with E-state index in [0.29, 0.717) is 27.9 Å². The van der Waals surface area contributed by atoms with E-state index in [4.69, 9.17) is 9.15 Å². The minimum atomic E-state index is -3.06. The van der Waals surface area contributed by atoms with Crippen LogP contribution in [0.3, 0.4) is 0 Å². The number of nitrogens with one attached hydrogen (secondary N) is 3. The zero-order valence-electron chi connectivity index (χ0n) is 17.6. The van der Waals surface area contributed by atoms with Crippen LogP contribution < -0.4 is 15.4 Å². The monoisotopic (exact) mass is 460 g/mol. The largest absolute Gasteiger partial charge is 0.449 e. The summed E-state index contributed by atoms with van der Waals surface area (Å²) in [5.74, 6) is 4.64. The molecule has 32 heavy (non-hydrogen) atoms. The molecule has 0 bridgehead atoms. The van der Waals surface area contributed by atoms with Gasteiger partial charge in [-0.15, -0.1) is 0 Å². The van der Waals surface area contributed by atoms with Crippen molar-refractivity contribution in [2.45, 2.75) is 24.8 Å². The molecule has 2 atom stereocenters. The lowest BCUT2D eigenvalue weighted by Crippen LogP contribution is -2.30. The smallest absolute Gasteiger partial charge is 0.418 e. The number of aromatic nitrogens is 3. The van der Waals surface area contributed by atoms with Crippen LogP contribution in [0.1, 0.15) is 13.8 Å². The van der Waals surface area contributed by atoms with E-state index in [1.165, 1.54) is 12.5 Å². The molecule has 0 aliphatic carbocycles. The molecule has 0 fully saturated rings. The molecule has 0 spiro atoms. The van der Waals surface area contributed by atoms with Crippen LogP contribution in [-0.4, -0.2) is 55.5 Å². The fourth-order valence-electron chi connectivity index (χ4n) is 2.59. The fraction of sp³-hybridized carbons (Fsp3) is 0.250. The first-order chi connectivity index (χ1) is 15.3. The number of benzene rings is 1. The Morgan fingerprint density at radius 3 is 2.69 bits per heavy atom. The lowest BCUT2D eigenvalue weighted by atomic mass is 10.2. The van der Waals surface area contributed by atoms with Crippen LogP contribution in [0.4, 0.5) is 22.2 Å². The average Bonchev–Trinajstić information content (AvgIpc) is 3.28. The molecule has 12 heteroatoms. The quantitative estimate of drug-likeness (QED) is 0.350. The van der Waals surface area contributed by atoms with Crippen LogP contribution in [0.25, 0.3) is 11.5 Å². The van der Waals surface area contributed by atoms with Crippen molar-refractivity contribution in [2.75, 3.05) is 23.8 Å². The summed E-state index contributed by atoms with van der Waals surface area (Å²) in [6.07, 6.45) is 3.71. The van der Waals surface area contributed by atoms with Crippen molar-refractivity contribution in [2.24, 2.45) is 0 Å². The Kier molecular flexibility index (Phi) is 7.28. The lowest BCUT2D eigenvalue weighted by Gasteiger charge is -2.15. The van der Waals surface area contributed by atoms with Gasteiger partial charge in [0.2, 0.25) is 11.8 Å². The summed E-state index contributed by atoms with van der Waals surface area (Å²) in [5, 5.41) is 15.5. The second kappa shape index (κ2) is 10.1. The molecule has 11 nitrogen and oxygen atoms in total. The number of oxazole rings is 1.